The number of aryl methyl sites for hydroxylation is 1. The van der Waals surface area contributed by atoms with Crippen LogP contribution in [-0.4, -0.2) is 21.1 Å². The van der Waals surface area contributed by atoms with Crippen LogP contribution in [0.4, 0.5) is 0 Å². The zero-order chi connectivity index (χ0) is 12.0. The van der Waals surface area contributed by atoms with Gasteiger partial charge in [0, 0.05) is 12.6 Å². The number of unbranched alkanes of at least 4 members (excludes halogenated alkanes) is 1. The molecule has 0 unspecified atom stereocenters. The first-order chi connectivity index (χ1) is 7.65. The van der Waals surface area contributed by atoms with E-state index in [4.69, 9.17) is 0 Å². The standard InChI is InChI=1S/C11H18N4O/c1-4-5-6-10-14-12-8-11(16)15(10)13-7-9(2)3/h7-9H,4-6H2,1-3H3/b13-7+. The van der Waals surface area contributed by atoms with E-state index < -0.39 is 0 Å². The molecule has 0 atom stereocenters. The Morgan fingerprint density at radius 2 is 2.31 bits per heavy atom. The first-order valence-corrected chi connectivity index (χ1v) is 5.63. The van der Waals surface area contributed by atoms with Crippen molar-refractivity contribution in [2.24, 2.45) is 11.0 Å². The topological polar surface area (TPSA) is 60.1 Å². The van der Waals surface area contributed by atoms with Crippen molar-refractivity contribution < 1.29 is 0 Å². The van der Waals surface area contributed by atoms with Crippen LogP contribution in [0.15, 0.2) is 16.1 Å². The predicted octanol–water partition coefficient (Wildman–Crippen LogP) is 1.47. The predicted molar refractivity (Wildman–Crippen MR) is 63.6 cm³/mol. The summed E-state index contributed by atoms with van der Waals surface area (Å²) in [4.78, 5) is 11.6. The summed E-state index contributed by atoms with van der Waals surface area (Å²) < 4.78 is 1.34. The molecule has 1 heterocycles. The Balaban J connectivity index is 2.99. The van der Waals surface area contributed by atoms with Crippen LogP contribution in [0.5, 0.6) is 0 Å². The number of aromatic nitrogens is 3. The van der Waals surface area contributed by atoms with E-state index in [0.29, 0.717) is 11.7 Å². The molecular formula is C11H18N4O. The molecule has 0 aliphatic carbocycles. The summed E-state index contributed by atoms with van der Waals surface area (Å²) in [6.45, 7) is 6.11. The summed E-state index contributed by atoms with van der Waals surface area (Å²) in [7, 11) is 0. The Labute approximate surface area is 95.2 Å². The largest absolute Gasteiger partial charge is 0.292 e. The molecule has 0 aliphatic heterocycles. The van der Waals surface area contributed by atoms with Crippen LogP contribution < -0.4 is 5.56 Å². The summed E-state index contributed by atoms with van der Waals surface area (Å²) in [5, 5.41) is 11.8. The van der Waals surface area contributed by atoms with E-state index in [2.05, 4.69) is 22.2 Å². The highest BCUT2D eigenvalue weighted by atomic mass is 16.1. The van der Waals surface area contributed by atoms with E-state index in [9.17, 15) is 4.79 Å². The van der Waals surface area contributed by atoms with Gasteiger partial charge in [-0.15, -0.1) is 5.10 Å². The van der Waals surface area contributed by atoms with Crippen molar-refractivity contribution in [3.63, 3.8) is 0 Å². The molecule has 0 amide bonds. The van der Waals surface area contributed by atoms with Crippen LogP contribution in [0.1, 0.15) is 39.4 Å². The monoisotopic (exact) mass is 222 g/mol. The van der Waals surface area contributed by atoms with E-state index in [1.165, 1.54) is 10.9 Å². The number of hydrogen-bond donors (Lipinski definition) is 0. The SMILES string of the molecule is CCCCc1nncc(=O)n1/N=C/C(C)C. The van der Waals surface area contributed by atoms with Gasteiger partial charge < -0.3 is 0 Å². The lowest BCUT2D eigenvalue weighted by molar-refractivity contribution is 0.634. The molecule has 0 fully saturated rings. The van der Waals surface area contributed by atoms with Crippen LogP contribution in [0, 0.1) is 5.92 Å². The third-order valence-electron chi connectivity index (χ3n) is 2.03. The van der Waals surface area contributed by atoms with Crippen molar-refractivity contribution in [3.8, 4) is 0 Å². The third kappa shape index (κ3) is 3.56. The zero-order valence-corrected chi connectivity index (χ0v) is 10.1. The summed E-state index contributed by atoms with van der Waals surface area (Å²) >= 11 is 0. The van der Waals surface area contributed by atoms with E-state index in [-0.39, 0.29) is 5.56 Å². The normalized spacial score (nSPS) is 11.5. The lowest BCUT2D eigenvalue weighted by Gasteiger charge is -2.04. The quantitative estimate of drug-likeness (QED) is 0.709. The minimum Gasteiger partial charge on any atom is -0.265 e. The molecule has 0 bridgehead atoms. The average Bonchev–Trinajstić information content (AvgIpc) is 2.24. The molecule has 0 aromatic carbocycles. The Bertz CT molecular complexity index is 409. The van der Waals surface area contributed by atoms with Gasteiger partial charge in [0.25, 0.3) is 5.56 Å². The van der Waals surface area contributed by atoms with E-state index >= 15 is 0 Å². The second-order valence-corrected chi connectivity index (χ2v) is 4.02. The third-order valence-corrected chi connectivity index (χ3v) is 2.03. The zero-order valence-electron chi connectivity index (χ0n) is 10.1. The highest BCUT2D eigenvalue weighted by molar-refractivity contribution is 5.59. The van der Waals surface area contributed by atoms with Gasteiger partial charge in [0.1, 0.15) is 6.20 Å². The van der Waals surface area contributed by atoms with Crippen molar-refractivity contribution in [3.05, 3.63) is 22.4 Å². The van der Waals surface area contributed by atoms with Gasteiger partial charge in [0.15, 0.2) is 5.82 Å². The lowest BCUT2D eigenvalue weighted by atomic mass is 10.2. The fraction of sp³-hybridized carbons (Fsp3) is 0.636. The van der Waals surface area contributed by atoms with Crippen LogP contribution in [0.25, 0.3) is 0 Å². The highest BCUT2D eigenvalue weighted by Gasteiger charge is 2.04. The fourth-order valence-corrected chi connectivity index (χ4v) is 1.18. The van der Waals surface area contributed by atoms with Gasteiger partial charge in [-0.2, -0.15) is 14.9 Å². The van der Waals surface area contributed by atoms with Crippen molar-refractivity contribution in [2.45, 2.75) is 40.0 Å². The first-order valence-electron chi connectivity index (χ1n) is 5.63. The number of nitrogens with zero attached hydrogens (tertiary/aromatic N) is 4. The molecule has 0 N–H and O–H groups in total. The summed E-state index contributed by atoms with van der Waals surface area (Å²) in [5.41, 5.74) is -0.224. The minimum absolute atomic E-state index is 0.224. The lowest BCUT2D eigenvalue weighted by Crippen LogP contribution is -2.22. The molecular weight excluding hydrogens is 204 g/mol. The summed E-state index contributed by atoms with van der Waals surface area (Å²) in [6.07, 6.45) is 5.69. The Kier molecular flexibility index (Phi) is 4.82. The second kappa shape index (κ2) is 6.15. The molecule has 88 valence electrons. The summed E-state index contributed by atoms with van der Waals surface area (Å²) in [5.74, 6) is 0.936. The van der Waals surface area contributed by atoms with Gasteiger partial charge in [0.05, 0.1) is 0 Å². The van der Waals surface area contributed by atoms with Gasteiger partial charge in [-0.25, -0.2) is 0 Å². The molecule has 1 aromatic rings. The molecule has 1 aromatic heterocycles. The van der Waals surface area contributed by atoms with Crippen molar-refractivity contribution in [1.29, 1.82) is 0 Å². The molecule has 5 heteroatoms. The highest BCUT2D eigenvalue weighted by Crippen LogP contribution is 1.99. The van der Waals surface area contributed by atoms with Gasteiger partial charge >= 0.3 is 0 Å². The van der Waals surface area contributed by atoms with Crippen molar-refractivity contribution in [2.75, 3.05) is 0 Å². The number of rotatable bonds is 5. The van der Waals surface area contributed by atoms with Gasteiger partial charge in [-0.05, 0) is 12.3 Å². The second-order valence-electron chi connectivity index (χ2n) is 4.02. The van der Waals surface area contributed by atoms with Gasteiger partial charge in [0.2, 0.25) is 0 Å². The van der Waals surface area contributed by atoms with Crippen molar-refractivity contribution in [1.82, 2.24) is 14.9 Å². The van der Waals surface area contributed by atoms with Crippen molar-refractivity contribution >= 4 is 6.21 Å². The first kappa shape index (κ1) is 12.5. The maximum atomic E-state index is 11.6. The molecule has 16 heavy (non-hydrogen) atoms. The maximum absolute atomic E-state index is 11.6. The van der Waals surface area contributed by atoms with Crippen LogP contribution in [0.3, 0.4) is 0 Å². The number of hydrogen-bond acceptors (Lipinski definition) is 4. The Morgan fingerprint density at radius 1 is 1.56 bits per heavy atom. The van der Waals surface area contributed by atoms with Crippen LogP contribution in [0.2, 0.25) is 0 Å². The van der Waals surface area contributed by atoms with Gasteiger partial charge in [-0.3, -0.25) is 4.79 Å². The molecule has 0 saturated heterocycles. The molecule has 0 radical (unpaired) electrons. The minimum atomic E-state index is -0.224. The van der Waals surface area contributed by atoms with E-state index in [0.717, 1.165) is 19.3 Å². The Hall–Kier alpha value is -1.52. The smallest absolute Gasteiger partial charge is 0.265 e. The van der Waals surface area contributed by atoms with Crippen LogP contribution >= 0.6 is 0 Å². The Morgan fingerprint density at radius 3 is 2.94 bits per heavy atom. The van der Waals surface area contributed by atoms with Crippen LogP contribution in [-0.2, 0) is 6.42 Å². The fourth-order valence-electron chi connectivity index (χ4n) is 1.18. The van der Waals surface area contributed by atoms with Gasteiger partial charge in [-0.1, -0.05) is 27.2 Å². The maximum Gasteiger partial charge on any atom is 0.292 e. The molecule has 5 nitrogen and oxygen atoms in total. The van der Waals surface area contributed by atoms with E-state index in [1.54, 1.807) is 6.21 Å². The molecule has 0 aliphatic rings. The molecule has 0 spiro atoms. The summed E-state index contributed by atoms with van der Waals surface area (Å²) in [6, 6.07) is 0. The molecule has 0 saturated carbocycles. The van der Waals surface area contributed by atoms with E-state index in [1.807, 2.05) is 13.8 Å². The molecule has 1 rings (SSSR count). The average molecular weight is 222 g/mol.